The summed E-state index contributed by atoms with van der Waals surface area (Å²) in [5.74, 6) is 0.368. The van der Waals surface area contributed by atoms with Crippen LogP contribution in [0, 0.1) is 5.92 Å². The van der Waals surface area contributed by atoms with E-state index < -0.39 is 12.6 Å². The molecule has 1 saturated carbocycles. The van der Waals surface area contributed by atoms with Crippen molar-refractivity contribution in [3.8, 4) is 5.95 Å². The second-order valence-electron chi connectivity index (χ2n) is 7.78. The molecule has 0 spiro atoms. The second kappa shape index (κ2) is 8.45. The summed E-state index contributed by atoms with van der Waals surface area (Å²) in [7, 11) is 0. The lowest BCUT2D eigenvalue weighted by Gasteiger charge is -2.29. The Balaban J connectivity index is 1.38. The summed E-state index contributed by atoms with van der Waals surface area (Å²) in [5, 5.41) is 3.04. The summed E-state index contributed by atoms with van der Waals surface area (Å²) in [6.45, 7) is 0. The average molecular weight is 420 g/mol. The van der Waals surface area contributed by atoms with Gasteiger partial charge < -0.3 is 10.3 Å². The van der Waals surface area contributed by atoms with Gasteiger partial charge in [-0.15, -0.1) is 0 Å². The van der Waals surface area contributed by atoms with E-state index in [0.29, 0.717) is 29.3 Å². The van der Waals surface area contributed by atoms with E-state index in [1.165, 1.54) is 0 Å². The van der Waals surface area contributed by atoms with E-state index in [4.69, 9.17) is 0 Å². The lowest BCUT2D eigenvalue weighted by molar-refractivity contribution is -0.136. The van der Waals surface area contributed by atoms with Gasteiger partial charge in [-0.05, 0) is 44.1 Å². The lowest BCUT2D eigenvalue weighted by Crippen LogP contribution is -2.38. The van der Waals surface area contributed by atoms with Crippen LogP contribution in [0.5, 0.6) is 0 Å². The fourth-order valence-electron chi connectivity index (χ4n) is 4.03. The van der Waals surface area contributed by atoms with Gasteiger partial charge in [-0.3, -0.25) is 9.36 Å². The molecule has 7 nitrogen and oxygen atoms in total. The average Bonchev–Trinajstić information content (AvgIpc) is 3.39. The van der Waals surface area contributed by atoms with Gasteiger partial charge in [-0.25, -0.2) is 15.0 Å². The van der Waals surface area contributed by atoms with Crippen LogP contribution in [-0.2, 0) is 0 Å². The number of rotatable bonds is 6. The van der Waals surface area contributed by atoms with Crippen molar-refractivity contribution >= 4 is 16.9 Å². The maximum Gasteiger partial charge on any atom is 0.389 e. The smallest absolute Gasteiger partial charge is 0.358 e. The van der Waals surface area contributed by atoms with Gasteiger partial charge in [-0.2, -0.15) is 13.2 Å². The minimum atomic E-state index is -4.08. The van der Waals surface area contributed by atoms with Gasteiger partial charge in [0, 0.05) is 31.1 Å². The number of amides is 1. The lowest BCUT2D eigenvalue weighted by atomic mass is 9.83. The molecule has 3 aromatic heterocycles. The molecule has 30 heavy (non-hydrogen) atoms. The SMILES string of the molecule is O=C(NC1CCC(CCCC(F)(F)F)CC1)c1nc(-n2ccnc2)nc2cc[nH]c12. The van der Waals surface area contributed by atoms with Crippen LogP contribution in [-0.4, -0.2) is 42.6 Å². The van der Waals surface area contributed by atoms with Gasteiger partial charge in [0.15, 0.2) is 5.69 Å². The van der Waals surface area contributed by atoms with E-state index in [9.17, 15) is 18.0 Å². The summed E-state index contributed by atoms with van der Waals surface area (Å²) < 4.78 is 38.6. The number of alkyl halides is 3. The normalized spacial score (nSPS) is 19.8. The van der Waals surface area contributed by atoms with Crippen LogP contribution in [0.1, 0.15) is 55.4 Å². The maximum absolute atomic E-state index is 12.9. The summed E-state index contributed by atoms with van der Waals surface area (Å²) in [6, 6.07) is 1.77. The number of nitrogens with one attached hydrogen (secondary N) is 2. The van der Waals surface area contributed by atoms with Gasteiger partial charge in [0.25, 0.3) is 5.91 Å². The number of hydrogen-bond acceptors (Lipinski definition) is 4. The zero-order valence-corrected chi connectivity index (χ0v) is 16.3. The zero-order chi connectivity index (χ0) is 21.1. The summed E-state index contributed by atoms with van der Waals surface area (Å²) in [4.78, 5) is 28.8. The Labute approximate surface area is 171 Å². The van der Waals surface area contributed by atoms with Crippen molar-refractivity contribution in [2.45, 2.75) is 57.2 Å². The molecule has 1 aliphatic rings. The molecular formula is C20H23F3N6O. The Bertz CT molecular complexity index is 990. The van der Waals surface area contributed by atoms with Crippen molar-refractivity contribution in [2.75, 3.05) is 0 Å². The van der Waals surface area contributed by atoms with E-state index in [0.717, 1.165) is 25.7 Å². The zero-order valence-electron chi connectivity index (χ0n) is 16.3. The third kappa shape index (κ3) is 4.80. The molecule has 1 aliphatic carbocycles. The van der Waals surface area contributed by atoms with E-state index >= 15 is 0 Å². The maximum atomic E-state index is 12.9. The molecule has 0 radical (unpaired) electrons. The summed E-state index contributed by atoms with van der Waals surface area (Å²) >= 11 is 0. The van der Waals surface area contributed by atoms with Gasteiger partial charge in [-0.1, -0.05) is 6.42 Å². The molecule has 4 rings (SSSR count). The van der Waals surface area contributed by atoms with Crippen LogP contribution in [0.15, 0.2) is 31.0 Å². The van der Waals surface area contributed by atoms with Crippen LogP contribution >= 0.6 is 0 Å². The summed E-state index contributed by atoms with van der Waals surface area (Å²) in [6.07, 6.45) is 5.71. The molecule has 10 heteroatoms. The number of halogens is 3. The highest BCUT2D eigenvalue weighted by Gasteiger charge is 2.28. The Morgan fingerprint density at radius 1 is 1.23 bits per heavy atom. The molecule has 1 fully saturated rings. The van der Waals surface area contributed by atoms with Gasteiger partial charge in [0.05, 0.1) is 11.0 Å². The first-order valence-electron chi connectivity index (χ1n) is 10.1. The molecule has 3 aromatic rings. The molecule has 0 aliphatic heterocycles. The van der Waals surface area contributed by atoms with Crippen molar-refractivity contribution in [1.82, 2.24) is 29.8 Å². The van der Waals surface area contributed by atoms with Crippen LogP contribution < -0.4 is 5.32 Å². The molecule has 0 atom stereocenters. The van der Waals surface area contributed by atoms with Crippen molar-refractivity contribution in [3.05, 3.63) is 36.7 Å². The van der Waals surface area contributed by atoms with Crippen molar-refractivity contribution in [2.24, 2.45) is 5.92 Å². The van der Waals surface area contributed by atoms with Crippen LogP contribution in [0.25, 0.3) is 17.0 Å². The predicted molar refractivity (Wildman–Crippen MR) is 104 cm³/mol. The van der Waals surface area contributed by atoms with Gasteiger partial charge in [0.2, 0.25) is 5.95 Å². The highest BCUT2D eigenvalue weighted by atomic mass is 19.4. The number of nitrogens with zero attached hydrogens (tertiary/aromatic N) is 4. The third-order valence-electron chi connectivity index (χ3n) is 5.60. The molecule has 0 saturated heterocycles. The first-order valence-corrected chi connectivity index (χ1v) is 10.1. The number of hydrogen-bond donors (Lipinski definition) is 2. The quantitative estimate of drug-likeness (QED) is 0.627. The van der Waals surface area contributed by atoms with E-state index in [1.807, 2.05) is 0 Å². The van der Waals surface area contributed by atoms with E-state index in [2.05, 4.69) is 25.3 Å². The fraction of sp³-hybridized carbons (Fsp3) is 0.500. The number of aromatic nitrogens is 5. The number of aromatic amines is 1. The van der Waals surface area contributed by atoms with Crippen LogP contribution in [0.2, 0.25) is 0 Å². The number of carbonyl (C=O) groups excluding carboxylic acids is 1. The number of imidazole rings is 1. The molecule has 1 amide bonds. The fourth-order valence-corrected chi connectivity index (χ4v) is 4.03. The molecule has 2 N–H and O–H groups in total. The Morgan fingerprint density at radius 3 is 2.73 bits per heavy atom. The molecular weight excluding hydrogens is 397 g/mol. The number of carbonyl (C=O) groups is 1. The highest BCUT2D eigenvalue weighted by Crippen LogP contribution is 2.31. The minimum absolute atomic E-state index is 0.00645. The molecule has 3 heterocycles. The Morgan fingerprint density at radius 2 is 2.03 bits per heavy atom. The monoisotopic (exact) mass is 420 g/mol. The van der Waals surface area contributed by atoms with Gasteiger partial charge >= 0.3 is 6.18 Å². The largest absolute Gasteiger partial charge is 0.389 e. The first kappa shape index (κ1) is 20.4. The number of fused-ring (bicyclic) bond motifs is 1. The summed E-state index contributed by atoms with van der Waals surface area (Å²) in [5.41, 5.74) is 1.46. The second-order valence-corrected chi connectivity index (χ2v) is 7.78. The third-order valence-corrected chi connectivity index (χ3v) is 5.60. The Hall–Kier alpha value is -2.91. The first-order chi connectivity index (χ1) is 14.4. The highest BCUT2D eigenvalue weighted by molar-refractivity contribution is 6.03. The standard InChI is InChI=1S/C20H23F3N6O/c21-20(22,23)8-1-2-13-3-5-14(6-4-13)26-18(30)17-16-15(7-9-25-16)27-19(28-17)29-11-10-24-12-29/h7,9-14,25H,1-6,8H2,(H,26,30). The van der Waals surface area contributed by atoms with Crippen LogP contribution in [0.3, 0.4) is 0 Å². The van der Waals surface area contributed by atoms with Crippen LogP contribution in [0.4, 0.5) is 13.2 Å². The minimum Gasteiger partial charge on any atom is -0.358 e. The van der Waals surface area contributed by atoms with Crippen molar-refractivity contribution in [3.63, 3.8) is 0 Å². The number of H-pyrrole nitrogens is 1. The van der Waals surface area contributed by atoms with E-state index in [-0.39, 0.29) is 24.1 Å². The van der Waals surface area contributed by atoms with Crippen molar-refractivity contribution < 1.29 is 18.0 Å². The van der Waals surface area contributed by atoms with Crippen molar-refractivity contribution in [1.29, 1.82) is 0 Å². The Kier molecular flexibility index (Phi) is 5.74. The van der Waals surface area contributed by atoms with Gasteiger partial charge in [0.1, 0.15) is 6.33 Å². The molecule has 0 unspecified atom stereocenters. The topological polar surface area (TPSA) is 88.5 Å². The van der Waals surface area contributed by atoms with E-state index in [1.54, 1.807) is 35.6 Å². The predicted octanol–water partition coefficient (Wildman–Crippen LogP) is 4.16. The molecule has 0 bridgehead atoms. The molecule has 0 aromatic carbocycles. The molecule has 160 valence electrons.